The van der Waals surface area contributed by atoms with Crippen molar-refractivity contribution < 1.29 is 0 Å². The maximum Gasteiger partial charge on any atom is 0.252 e. The van der Waals surface area contributed by atoms with E-state index in [1.54, 1.807) is 0 Å². The van der Waals surface area contributed by atoms with Crippen molar-refractivity contribution in [3.8, 4) is 0 Å². The van der Waals surface area contributed by atoms with Crippen molar-refractivity contribution in [1.82, 2.24) is 0 Å². The number of anilines is 5. The van der Waals surface area contributed by atoms with Crippen LogP contribution in [0.4, 0.5) is 28.4 Å². The van der Waals surface area contributed by atoms with Gasteiger partial charge in [0.25, 0.3) is 6.71 Å². The van der Waals surface area contributed by atoms with Crippen LogP contribution in [0, 0.1) is 0 Å². The van der Waals surface area contributed by atoms with E-state index in [1.165, 1.54) is 44.8 Å². The van der Waals surface area contributed by atoms with E-state index < -0.39 is 0 Å². The number of rotatable bonds is 4. The lowest BCUT2D eigenvalue weighted by Crippen LogP contribution is -2.61. The molecule has 0 aromatic heterocycles. The highest BCUT2D eigenvalue weighted by Gasteiger charge is 2.42. The standard InChI is InChI=1S/C31H25BN2/c1-3-5-14-23(4-2)33-27-19-11-9-17-25(27)32-26-18-10-12-20-28(26)34(24-15-7-6-8-16-24)30-22-13-21-29(33)31(30)32/h3-22H,2H2,1H3/b5-3-,23-14+. The van der Waals surface area contributed by atoms with Crippen molar-refractivity contribution in [1.29, 1.82) is 0 Å². The summed E-state index contributed by atoms with van der Waals surface area (Å²) in [6.45, 7) is 6.36. The van der Waals surface area contributed by atoms with Gasteiger partial charge in [0, 0.05) is 34.1 Å². The number of hydrogen-bond donors (Lipinski definition) is 0. The molecular weight excluding hydrogens is 411 g/mol. The van der Waals surface area contributed by atoms with Crippen molar-refractivity contribution in [2.45, 2.75) is 6.92 Å². The van der Waals surface area contributed by atoms with E-state index >= 15 is 0 Å². The molecule has 2 nitrogen and oxygen atoms in total. The first-order chi connectivity index (χ1) is 16.8. The summed E-state index contributed by atoms with van der Waals surface area (Å²) in [6.07, 6.45) is 8.21. The number of fused-ring (bicyclic) bond motifs is 4. The molecule has 0 spiro atoms. The number of nitrogens with zero attached hydrogens (tertiary/aromatic N) is 2. The highest BCUT2D eigenvalue weighted by molar-refractivity contribution is 7.00. The molecule has 2 aliphatic heterocycles. The van der Waals surface area contributed by atoms with Crippen LogP contribution in [0.15, 0.2) is 134 Å². The van der Waals surface area contributed by atoms with E-state index in [-0.39, 0.29) is 6.71 Å². The number of para-hydroxylation sites is 3. The molecule has 0 aliphatic carbocycles. The molecule has 0 radical (unpaired) electrons. The summed E-state index contributed by atoms with van der Waals surface area (Å²) in [4.78, 5) is 4.76. The van der Waals surface area contributed by atoms with Gasteiger partial charge in [0.05, 0.1) is 0 Å². The minimum absolute atomic E-state index is 0.169. The second-order valence-corrected chi connectivity index (χ2v) is 8.59. The summed E-state index contributed by atoms with van der Waals surface area (Å²) in [6, 6.07) is 34.9. The second kappa shape index (κ2) is 8.28. The van der Waals surface area contributed by atoms with Gasteiger partial charge in [0.15, 0.2) is 0 Å². The Bertz CT molecular complexity index is 1450. The first kappa shape index (κ1) is 20.4. The molecule has 2 aliphatic rings. The number of hydrogen-bond acceptors (Lipinski definition) is 2. The van der Waals surface area contributed by atoms with Gasteiger partial charge in [0.2, 0.25) is 0 Å². The van der Waals surface area contributed by atoms with Gasteiger partial charge in [-0.15, -0.1) is 0 Å². The molecule has 0 fully saturated rings. The summed E-state index contributed by atoms with van der Waals surface area (Å²) in [7, 11) is 0. The lowest BCUT2D eigenvalue weighted by molar-refractivity contribution is 1.20. The Morgan fingerprint density at radius 3 is 2.06 bits per heavy atom. The van der Waals surface area contributed by atoms with E-state index in [1.807, 2.05) is 13.0 Å². The van der Waals surface area contributed by atoms with Crippen LogP contribution in [-0.4, -0.2) is 6.71 Å². The van der Waals surface area contributed by atoms with Gasteiger partial charge in [-0.2, -0.15) is 0 Å². The maximum atomic E-state index is 4.15. The van der Waals surface area contributed by atoms with Gasteiger partial charge in [-0.25, -0.2) is 0 Å². The van der Waals surface area contributed by atoms with Crippen LogP contribution in [0.3, 0.4) is 0 Å². The zero-order valence-electron chi connectivity index (χ0n) is 19.2. The summed E-state index contributed by atoms with van der Waals surface area (Å²) in [5.74, 6) is 0. The third-order valence-electron chi connectivity index (χ3n) is 6.75. The average molecular weight is 436 g/mol. The fraction of sp³-hybridized carbons (Fsp3) is 0.0323. The van der Waals surface area contributed by atoms with Gasteiger partial charge in [-0.3, -0.25) is 0 Å². The van der Waals surface area contributed by atoms with Gasteiger partial charge in [-0.1, -0.05) is 79.4 Å². The van der Waals surface area contributed by atoms with Gasteiger partial charge in [-0.05, 0) is 71.9 Å². The highest BCUT2D eigenvalue weighted by Crippen LogP contribution is 2.42. The van der Waals surface area contributed by atoms with Crippen molar-refractivity contribution >= 4 is 51.5 Å². The summed E-state index contributed by atoms with van der Waals surface area (Å²) >= 11 is 0. The molecule has 3 heteroatoms. The monoisotopic (exact) mass is 436 g/mol. The van der Waals surface area contributed by atoms with E-state index in [2.05, 4.69) is 132 Å². The van der Waals surface area contributed by atoms with E-state index in [9.17, 15) is 0 Å². The van der Waals surface area contributed by atoms with Crippen molar-refractivity contribution in [2.24, 2.45) is 0 Å². The first-order valence-electron chi connectivity index (χ1n) is 11.7. The predicted octanol–water partition coefficient (Wildman–Crippen LogP) is 6.08. The summed E-state index contributed by atoms with van der Waals surface area (Å²) in [5.41, 5.74) is 11.1. The largest absolute Gasteiger partial charge is 0.311 e. The Labute approximate surface area is 201 Å². The molecule has 6 rings (SSSR count). The molecule has 0 bridgehead atoms. The third-order valence-corrected chi connectivity index (χ3v) is 6.75. The Kier molecular flexibility index (Phi) is 4.96. The molecule has 2 heterocycles. The first-order valence-corrected chi connectivity index (χ1v) is 11.7. The molecule has 0 atom stereocenters. The van der Waals surface area contributed by atoms with Crippen LogP contribution in [0.25, 0.3) is 0 Å². The lowest BCUT2D eigenvalue weighted by Gasteiger charge is -2.44. The fourth-order valence-electron chi connectivity index (χ4n) is 5.40. The Hall–Kier alpha value is -4.24. The number of allylic oxidation sites excluding steroid dienone is 4. The van der Waals surface area contributed by atoms with Gasteiger partial charge in [0.1, 0.15) is 0 Å². The Morgan fingerprint density at radius 1 is 0.706 bits per heavy atom. The van der Waals surface area contributed by atoms with Crippen LogP contribution < -0.4 is 26.2 Å². The Balaban J connectivity index is 1.70. The van der Waals surface area contributed by atoms with Crippen LogP contribution in [0.1, 0.15) is 6.92 Å². The van der Waals surface area contributed by atoms with Crippen LogP contribution >= 0.6 is 0 Å². The second-order valence-electron chi connectivity index (χ2n) is 8.59. The molecule has 0 saturated heterocycles. The normalized spacial score (nSPS) is 14.0. The van der Waals surface area contributed by atoms with Crippen LogP contribution in [0.2, 0.25) is 0 Å². The average Bonchev–Trinajstić information content (AvgIpc) is 2.90. The van der Waals surface area contributed by atoms with Crippen molar-refractivity contribution in [3.63, 3.8) is 0 Å². The molecule has 0 amide bonds. The Morgan fingerprint density at radius 2 is 1.32 bits per heavy atom. The zero-order valence-corrected chi connectivity index (χ0v) is 19.2. The molecule has 34 heavy (non-hydrogen) atoms. The van der Waals surface area contributed by atoms with Crippen LogP contribution in [-0.2, 0) is 0 Å². The molecule has 0 N–H and O–H groups in total. The lowest BCUT2D eigenvalue weighted by atomic mass is 9.33. The van der Waals surface area contributed by atoms with Gasteiger partial charge >= 0.3 is 0 Å². The zero-order chi connectivity index (χ0) is 23.1. The number of benzene rings is 4. The molecule has 162 valence electrons. The molecule has 4 aromatic carbocycles. The topological polar surface area (TPSA) is 6.48 Å². The summed E-state index contributed by atoms with van der Waals surface area (Å²) < 4.78 is 0. The quantitative estimate of drug-likeness (QED) is 0.249. The third kappa shape index (κ3) is 2.98. The van der Waals surface area contributed by atoms with Crippen molar-refractivity contribution in [3.05, 3.63) is 134 Å². The fourth-order valence-corrected chi connectivity index (χ4v) is 5.40. The van der Waals surface area contributed by atoms with Gasteiger partial charge < -0.3 is 9.80 Å². The molecular formula is C31H25BN2. The minimum atomic E-state index is 0.169. The van der Waals surface area contributed by atoms with E-state index in [0.29, 0.717) is 0 Å². The SMILES string of the molecule is C=C/C(=C\C=C/C)N1c2ccccc2B2c3ccccc3N(c3ccccc3)c3cccc1c32. The van der Waals surface area contributed by atoms with Crippen LogP contribution in [0.5, 0.6) is 0 Å². The van der Waals surface area contributed by atoms with E-state index in [0.717, 1.165) is 5.70 Å². The minimum Gasteiger partial charge on any atom is -0.311 e. The molecule has 0 saturated carbocycles. The molecule has 0 unspecified atom stereocenters. The highest BCUT2D eigenvalue weighted by atomic mass is 15.2. The summed E-state index contributed by atoms with van der Waals surface area (Å²) in [5, 5.41) is 0. The van der Waals surface area contributed by atoms with Crippen molar-refractivity contribution in [2.75, 3.05) is 9.80 Å². The maximum absolute atomic E-state index is 4.15. The molecule has 4 aromatic rings. The predicted molar refractivity (Wildman–Crippen MR) is 147 cm³/mol. The van der Waals surface area contributed by atoms with E-state index in [4.69, 9.17) is 0 Å². The smallest absolute Gasteiger partial charge is 0.252 e.